The number of methoxy groups -OCH3 is 1. The van der Waals surface area contributed by atoms with Gasteiger partial charge >= 0.3 is 6.09 Å². The van der Waals surface area contributed by atoms with Crippen molar-refractivity contribution in [1.29, 1.82) is 0 Å². The minimum Gasteiger partial charge on any atom is -0.496 e. The Bertz CT molecular complexity index is 931. The molecule has 160 valence electrons. The summed E-state index contributed by atoms with van der Waals surface area (Å²) in [5, 5.41) is 5.46. The van der Waals surface area contributed by atoms with Gasteiger partial charge < -0.3 is 24.8 Å². The Morgan fingerprint density at radius 3 is 2.43 bits per heavy atom. The number of aryl methyl sites for hydroxylation is 1. The van der Waals surface area contributed by atoms with Crippen LogP contribution in [0.25, 0.3) is 0 Å². The molecule has 0 saturated heterocycles. The van der Waals surface area contributed by atoms with E-state index in [4.69, 9.17) is 14.2 Å². The van der Waals surface area contributed by atoms with Crippen LogP contribution in [-0.2, 0) is 9.53 Å². The molecule has 0 atom stereocenters. The summed E-state index contributed by atoms with van der Waals surface area (Å²) in [6.07, 6.45) is 2.01. The van der Waals surface area contributed by atoms with Crippen LogP contribution in [0.15, 0.2) is 36.5 Å². The molecule has 0 radical (unpaired) electrons. The zero-order valence-corrected chi connectivity index (χ0v) is 17.9. The van der Waals surface area contributed by atoms with E-state index in [0.717, 1.165) is 11.3 Å². The van der Waals surface area contributed by atoms with Gasteiger partial charge in [-0.2, -0.15) is 0 Å². The number of carbonyl (C=O) groups is 2. The zero-order chi connectivity index (χ0) is 21.9. The van der Waals surface area contributed by atoms with Crippen LogP contribution in [-0.4, -0.2) is 35.2 Å². The quantitative estimate of drug-likeness (QED) is 0.737. The van der Waals surface area contributed by atoms with Gasteiger partial charge in [-0.3, -0.25) is 4.79 Å². The Kier molecular flexibility index (Phi) is 5.87. The van der Waals surface area contributed by atoms with Gasteiger partial charge in [0.15, 0.2) is 0 Å². The second-order valence-corrected chi connectivity index (χ2v) is 8.28. The lowest BCUT2D eigenvalue weighted by atomic mass is 10.2. The smallest absolute Gasteiger partial charge is 0.408 e. The van der Waals surface area contributed by atoms with Crippen LogP contribution in [0.5, 0.6) is 17.4 Å². The fourth-order valence-electron chi connectivity index (χ4n) is 2.78. The monoisotopic (exact) mass is 413 g/mol. The van der Waals surface area contributed by atoms with Crippen molar-refractivity contribution in [2.45, 2.75) is 51.7 Å². The molecule has 30 heavy (non-hydrogen) atoms. The van der Waals surface area contributed by atoms with Crippen LogP contribution in [0, 0.1) is 6.92 Å². The molecule has 2 N–H and O–H groups in total. The SMILES string of the molecule is COc1cc(Oc2ccc(NC(=O)C3(NC(=O)OC(C)(C)C)CC3)cn2)ccc1C. The Hall–Kier alpha value is -3.29. The summed E-state index contributed by atoms with van der Waals surface area (Å²) in [6.45, 7) is 7.26. The van der Waals surface area contributed by atoms with E-state index in [1.54, 1.807) is 46.1 Å². The second kappa shape index (κ2) is 8.22. The van der Waals surface area contributed by atoms with E-state index in [0.29, 0.717) is 30.2 Å². The maximum Gasteiger partial charge on any atom is 0.408 e. The number of nitrogens with one attached hydrogen (secondary N) is 2. The summed E-state index contributed by atoms with van der Waals surface area (Å²) >= 11 is 0. The number of aromatic nitrogens is 1. The van der Waals surface area contributed by atoms with Crippen molar-refractivity contribution in [1.82, 2.24) is 10.3 Å². The first-order valence-electron chi connectivity index (χ1n) is 9.71. The third-order valence-electron chi connectivity index (χ3n) is 4.52. The van der Waals surface area contributed by atoms with Crippen LogP contribution < -0.4 is 20.1 Å². The molecule has 2 aromatic rings. The number of amides is 2. The van der Waals surface area contributed by atoms with Gasteiger partial charge in [0.05, 0.1) is 19.0 Å². The average molecular weight is 413 g/mol. The number of hydrogen-bond acceptors (Lipinski definition) is 6. The highest BCUT2D eigenvalue weighted by Crippen LogP contribution is 2.37. The maximum atomic E-state index is 12.6. The normalized spacial score (nSPS) is 14.4. The molecule has 8 nitrogen and oxygen atoms in total. The van der Waals surface area contributed by atoms with Crippen molar-refractivity contribution < 1.29 is 23.8 Å². The van der Waals surface area contributed by atoms with E-state index >= 15 is 0 Å². The lowest BCUT2D eigenvalue weighted by molar-refractivity contribution is -0.119. The number of ether oxygens (including phenoxy) is 3. The van der Waals surface area contributed by atoms with Crippen LogP contribution in [0.2, 0.25) is 0 Å². The standard InChI is InChI=1S/C22H27N3O5/c1-14-6-8-16(12-17(14)28-5)29-18-9-7-15(13-23-18)24-19(26)22(10-11-22)25-20(27)30-21(2,3)4/h6-9,12-13H,10-11H2,1-5H3,(H,24,26)(H,25,27). The van der Waals surface area contributed by atoms with Gasteiger partial charge in [0, 0.05) is 12.1 Å². The molecule has 1 aliphatic carbocycles. The van der Waals surface area contributed by atoms with Gasteiger partial charge in [0.25, 0.3) is 0 Å². The number of nitrogens with zero attached hydrogens (tertiary/aromatic N) is 1. The first-order chi connectivity index (χ1) is 14.1. The van der Waals surface area contributed by atoms with Crippen LogP contribution >= 0.6 is 0 Å². The number of carbonyl (C=O) groups excluding carboxylic acids is 2. The van der Waals surface area contributed by atoms with E-state index in [9.17, 15) is 9.59 Å². The fraction of sp³-hybridized carbons (Fsp3) is 0.409. The Balaban J connectivity index is 1.59. The third-order valence-corrected chi connectivity index (χ3v) is 4.52. The van der Waals surface area contributed by atoms with Crippen molar-refractivity contribution in [3.05, 3.63) is 42.1 Å². The predicted octanol–water partition coefficient (Wildman–Crippen LogP) is 4.19. The molecule has 1 saturated carbocycles. The number of pyridine rings is 1. The minimum atomic E-state index is -0.935. The number of hydrogen-bond donors (Lipinski definition) is 2. The molecule has 0 spiro atoms. The van der Waals surface area contributed by atoms with Crippen molar-refractivity contribution in [3.63, 3.8) is 0 Å². The Labute approximate surface area is 175 Å². The van der Waals surface area contributed by atoms with Gasteiger partial charge in [-0.15, -0.1) is 0 Å². The molecule has 0 bridgehead atoms. The topological polar surface area (TPSA) is 98.8 Å². The van der Waals surface area contributed by atoms with Gasteiger partial charge in [0.1, 0.15) is 22.6 Å². The molecule has 0 aliphatic heterocycles. The number of benzene rings is 1. The minimum absolute atomic E-state index is 0.299. The van der Waals surface area contributed by atoms with E-state index in [1.807, 2.05) is 19.1 Å². The third kappa shape index (κ3) is 5.40. The summed E-state index contributed by atoms with van der Waals surface area (Å²) in [4.78, 5) is 28.9. The van der Waals surface area contributed by atoms with E-state index in [2.05, 4.69) is 15.6 Å². The summed E-state index contributed by atoms with van der Waals surface area (Å²) < 4.78 is 16.3. The Morgan fingerprint density at radius 2 is 1.87 bits per heavy atom. The summed E-state index contributed by atoms with van der Waals surface area (Å²) in [7, 11) is 1.60. The molecule has 1 aromatic carbocycles. The molecule has 1 aliphatic rings. The van der Waals surface area contributed by atoms with E-state index < -0.39 is 17.2 Å². The average Bonchev–Trinajstić information content (AvgIpc) is 3.44. The molecule has 2 amide bonds. The first kappa shape index (κ1) is 21.4. The van der Waals surface area contributed by atoms with Gasteiger partial charge in [-0.25, -0.2) is 9.78 Å². The highest BCUT2D eigenvalue weighted by Gasteiger charge is 2.52. The highest BCUT2D eigenvalue weighted by molar-refractivity contribution is 6.02. The molecule has 0 unspecified atom stereocenters. The van der Waals surface area contributed by atoms with Crippen LogP contribution in [0.3, 0.4) is 0 Å². The molecule has 8 heteroatoms. The maximum absolute atomic E-state index is 12.6. The fourth-order valence-corrected chi connectivity index (χ4v) is 2.78. The molecular weight excluding hydrogens is 386 g/mol. The largest absolute Gasteiger partial charge is 0.496 e. The lowest BCUT2D eigenvalue weighted by Crippen LogP contribution is -2.47. The van der Waals surface area contributed by atoms with Gasteiger partial charge in [-0.1, -0.05) is 6.07 Å². The number of alkyl carbamates (subject to hydrolysis) is 1. The van der Waals surface area contributed by atoms with Crippen molar-refractivity contribution in [2.75, 3.05) is 12.4 Å². The van der Waals surface area contributed by atoms with Crippen molar-refractivity contribution >= 4 is 17.7 Å². The highest BCUT2D eigenvalue weighted by atomic mass is 16.6. The Morgan fingerprint density at radius 1 is 1.13 bits per heavy atom. The second-order valence-electron chi connectivity index (χ2n) is 8.28. The van der Waals surface area contributed by atoms with Crippen molar-refractivity contribution in [3.8, 4) is 17.4 Å². The predicted molar refractivity (Wildman–Crippen MR) is 112 cm³/mol. The molecule has 1 heterocycles. The number of rotatable bonds is 6. The van der Waals surface area contributed by atoms with Crippen molar-refractivity contribution in [2.24, 2.45) is 0 Å². The molecule has 3 rings (SSSR count). The first-order valence-corrected chi connectivity index (χ1v) is 9.71. The summed E-state index contributed by atoms with van der Waals surface area (Å²) in [5.74, 6) is 1.41. The molecule has 1 fully saturated rings. The molecule has 1 aromatic heterocycles. The zero-order valence-electron chi connectivity index (χ0n) is 17.9. The lowest BCUT2D eigenvalue weighted by Gasteiger charge is -2.23. The van der Waals surface area contributed by atoms with E-state index in [1.165, 1.54) is 6.20 Å². The summed E-state index contributed by atoms with van der Waals surface area (Å²) in [6, 6.07) is 8.85. The van der Waals surface area contributed by atoms with Crippen LogP contribution in [0.4, 0.5) is 10.5 Å². The van der Waals surface area contributed by atoms with Gasteiger partial charge in [0.2, 0.25) is 11.8 Å². The molecular formula is C22H27N3O5. The summed E-state index contributed by atoms with van der Waals surface area (Å²) in [5.41, 5.74) is -0.0515. The van der Waals surface area contributed by atoms with Gasteiger partial charge in [-0.05, 0) is 58.2 Å². The van der Waals surface area contributed by atoms with E-state index in [-0.39, 0.29) is 5.91 Å². The van der Waals surface area contributed by atoms with Crippen LogP contribution in [0.1, 0.15) is 39.2 Å². The number of anilines is 1.